The van der Waals surface area contributed by atoms with Crippen LogP contribution in [-0.2, 0) is 6.54 Å². The molecule has 5 rings (SSSR count). The van der Waals surface area contributed by atoms with Gasteiger partial charge in [-0.1, -0.05) is 18.2 Å². The fraction of sp³-hybridized carbons (Fsp3) is 0.100. The second kappa shape index (κ2) is 6.14. The smallest absolute Gasteiger partial charge is 0.258 e. The lowest BCUT2D eigenvalue weighted by atomic mass is 10.1. The van der Waals surface area contributed by atoms with Gasteiger partial charge in [0.15, 0.2) is 4.96 Å². The molecule has 5 aromatic rings. The normalized spacial score (nSPS) is 11.4. The summed E-state index contributed by atoms with van der Waals surface area (Å²) in [5.74, 6) is 0.711. The average molecular weight is 377 g/mol. The van der Waals surface area contributed by atoms with Crippen LogP contribution in [0.2, 0.25) is 0 Å². The van der Waals surface area contributed by atoms with Gasteiger partial charge in [-0.25, -0.2) is 4.98 Å². The molecule has 6 nitrogen and oxygen atoms in total. The van der Waals surface area contributed by atoms with Crippen molar-refractivity contribution in [1.29, 1.82) is 0 Å². The summed E-state index contributed by atoms with van der Waals surface area (Å²) < 4.78 is 13.0. The maximum Gasteiger partial charge on any atom is 0.258 e. The van der Waals surface area contributed by atoms with E-state index in [1.165, 1.54) is 15.7 Å². The van der Waals surface area contributed by atoms with Gasteiger partial charge < -0.3 is 14.5 Å². The van der Waals surface area contributed by atoms with Gasteiger partial charge in [-0.05, 0) is 12.1 Å². The van der Waals surface area contributed by atoms with E-state index in [1.54, 1.807) is 19.4 Å². The van der Waals surface area contributed by atoms with E-state index in [0.29, 0.717) is 22.9 Å². The lowest BCUT2D eigenvalue weighted by Crippen LogP contribution is -2.14. The van der Waals surface area contributed by atoms with Crippen LogP contribution in [0.25, 0.3) is 26.9 Å². The summed E-state index contributed by atoms with van der Waals surface area (Å²) in [6, 6.07) is 13.3. The Morgan fingerprint density at radius 1 is 1.19 bits per heavy atom. The minimum Gasteiger partial charge on any atom is -0.495 e. The van der Waals surface area contributed by atoms with Crippen LogP contribution in [0, 0.1) is 0 Å². The van der Waals surface area contributed by atoms with E-state index in [-0.39, 0.29) is 5.56 Å². The molecule has 7 heteroatoms. The van der Waals surface area contributed by atoms with Crippen molar-refractivity contribution in [1.82, 2.24) is 9.38 Å². The van der Waals surface area contributed by atoms with Gasteiger partial charge in [-0.3, -0.25) is 9.20 Å². The zero-order valence-corrected chi connectivity index (χ0v) is 15.2. The molecule has 0 unspecified atom stereocenters. The summed E-state index contributed by atoms with van der Waals surface area (Å²) in [7, 11) is 1.64. The molecule has 0 saturated heterocycles. The first-order chi connectivity index (χ1) is 13.2. The summed E-state index contributed by atoms with van der Waals surface area (Å²) in [5.41, 5.74) is 3.00. The second-order valence-corrected chi connectivity index (χ2v) is 7.01. The lowest BCUT2D eigenvalue weighted by molar-refractivity contribution is 0.417. The standard InChI is InChI=1S/C20H15N3O3S/c1-25-18-9-14-13-4-2-3-5-16(13)26-17(14)10-15(18)21-11-12-8-19(24)23-6-7-27-20(23)22-12/h2-10,21H,11H2,1H3. The first-order valence-corrected chi connectivity index (χ1v) is 9.30. The number of nitrogens with zero attached hydrogens (tertiary/aromatic N) is 2. The fourth-order valence-electron chi connectivity index (χ4n) is 3.22. The molecule has 0 bridgehead atoms. The van der Waals surface area contributed by atoms with Crippen molar-refractivity contribution in [3.63, 3.8) is 0 Å². The van der Waals surface area contributed by atoms with Crippen molar-refractivity contribution < 1.29 is 9.15 Å². The molecule has 0 aliphatic heterocycles. The van der Waals surface area contributed by atoms with Crippen molar-refractivity contribution in [2.45, 2.75) is 6.54 Å². The summed E-state index contributed by atoms with van der Waals surface area (Å²) >= 11 is 1.43. The van der Waals surface area contributed by atoms with Crippen molar-refractivity contribution in [3.8, 4) is 5.75 Å². The number of ether oxygens (including phenoxy) is 1. The molecule has 0 radical (unpaired) electrons. The largest absolute Gasteiger partial charge is 0.495 e. The van der Waals surface area contributed by atoms with E-state index in [9.17, 15) is 4.79 Å². The number of fused-ring (bicyclic) bond motifs is 4. The highest BCUT2D eigenvalue weighted by atomic mass is 32.1. The zero-order chi connectivity index (χ0) is 18.4. The van der Waals surface area contributed by atoms with E-state index in [2.05, 4.69) is 10.3 Å². The molecule has 27 heavy (non-hydrogen) atoms. The Balaban J connectivity index is 1.53. The summed E-state index contributed by atoms with van der Waals surface area (Å²) in [6.07, 6.45) is 1.73. The highest BCUT2D eigenvalue weighted by molar-refractivity contribution is 7.15. The van der Waals surface area contributed by atoms with Crippen LogP contribution in [0.1, 0.15) is 5.69 Å². The first kappa shape index (κ1) is 15.9. The summed E-state index contributed by atoms with van der Waals surface area (Å²) in [5, 5.41) is 7.21. The third-order valence-electron chi connectivity index (χ3n) is 4.52. The van der Waals surface area contributed by atoms with E-state index in [0.717, 1.165) is 27.6 Å². The topological polar surface area (TPSA) is 68.8 Å². The van der Waals surface area contributed by atoms with Crippen LogP contribution in [0.4, 0.5) is 5.69 Å². The molecule has 0 saturated carbocycles. The van der Waals surface area contributed by atoms with Crippen molar-refractivity contribution in [2.75, 3.05) is 12.4 Å². The Labute approximate surface area is 157 Å². The van der Waals surface area contributed by atoms with Gasteiger partial charge in [0.1, 0.15) is 16.9 Å². The van der Waals surface area contributed by atoms with Crippen molar-refractivity contribution >= 4 is 43.9 Å². The second-order valence-electron chi connectivity index (χ2n) is 6.14. The number of hydrogen-bond acceptors (Lipinski definition) is 6. The van der Waals surface area contributed by atoms with Crippen LogP contribution >= 0.6 is 11.3 Å². The zero-order valence-electron chi connectivity index (χ0n) is 14.4. The molecule has 2 aromatic carbocycles. The molecular weight excluding hydrogens is 362 g/mol. The highest BCUT2D eigenvalue weighted by Gasteiger charge is 2.12. The molecule has 3 aromatic heterocycles. The number of anilines is 1. The van der Waals surface area contributed by atoms with Crippen LogP contribution in [-0.4, -0.2) is 16.5 Å². The quantitative estimate of drug-likeness (QED) is 0.506. The van der Waals surface area contributed by atoms with E-state index in [4.69, 9.17) is 9.15 Å². The van der Waals surface area contributed by atoms with Gasteiger partial charge >= 0.3 is 0 Å². The van der Waals surface area contributed by atoms with E-state index < -0.39 is 0 Å². The van der Waals surface area contributed by atoms with Gasteiger partial charge in [-0.15, -0.1) is 11.3 Å². The highest BCUT2D eigenvalue weighted by Crippen LogP contribution is 2.36. The molecule has 0 aliphatic carbocycles. The third kappa shape index (κ3) is 2.63. The molecule has 134 valence electrons. The molecule has 0 spiro atoms. The Morgan fingerprint density at radius 3 is 2.96 bits per heavy atom. The number of para-hydroxylation sites is 1. The minimum absolute atomic E-state index is 0.0854. The number of furan rings is 1. The summed E-state index contributed by atoms with van der Waals surface area (Å²) in [4.78, 5) is 17.3. The lowest BCUT2D eigenvalue weighted by Gasteiger charge is -2.11. The predicted molar refractivity (Wildman–Crippen MR) is 107 cm³/mol. The Bertz CT molecular complexity index is 1350. The van der Waals surface area contributed by atoms with Gasteiger partial charge in [0, 0.05) is 34.5 Å². The number of nitrogens with one attached hydrogen (secondary N) is 1. The van der Waals surface area contributed by atoms with Gasteiger partial charge in [-0.2, -0.15) is 0 Å². The van der Waals surface area contributed by atoms with E-state index in [1.807, 2.05) is 41.8 Å². The van der Waals surface area contributed by atoms with Crippen LogP contribution in [0.5, 0.6) is 5.75 Å². The molecule has 0 amide bonds. The average Bonchev–Trinajstić information content (AvgIpc) is 3.29. The molecule has 1 N–H and O–H groups in total. The molecule has 0 fully saturated rings. The number of thiazole rings is 1. The maximum atomic E-state index is 12.1. The van der Waals surface area contributed by atoms with Crippen LogP contribution < -0.4 is 15.6 Å². The van der Waals surface area contributed by atoms with Gasteiger partial charge in [0.05, 0.1) is 25.0 Å². The number of rotatable bonds is 4. The SMILES string of the molecule is COc1cc2c(cc1NCc1cc(=O)n3ccsc3n1)oc1ccccc12. The molecular formula is C20H15N3O3S. The maximum absolute atomic E-state index is 12.1. The third-order valence-corrected chi connectivity index (χ3v) is 5.27. The van der Waals surface area contributed by atoms with Crippen LogP contribution in [0.15, 0.2) is 63.3 Å². The van der Waals surface area contributed by atoms with Crippen molar-refractivity contribution in [3.05, 3.63) is 70.1 Å². The van der Waals surface area contributed by atoms with Crippen molar-refractivity contribution in [2.24, 2.45) is 0 Å². The number of methoxy groups -OCH3 is 1. The Morgan fingerprint density at radius 2 is 2.07 bits per heavy atom. The predicted octanol–water partition coefficient (Wildman–Crippen LogP) is 4.28. The minimum atomic E-state index is -0.0854. The Kier molecular flexibility index (Phi) is 3.61. The monoisotopic (exact) mass is 377 g/mol. The van der Waals surface area contributed by atoms with Gasteiger partial charge in [0.25, 0.3) is 5.56 Å². The Hall–Kier alpha value is -3.32. The number of hydrogen-bond donors (Lipinski definition) is 1. The molecule has 3 heterocycles. The summed E-state index contributed by atoms with van der Waals surface area (Å²) in [6.45, 7) is 0.408. The van der Waals surface area contributed by atoms with E-state index >= 15 is 0 Å². The number of aromatic nitrogens is 2. The first-order valence-electron chi connectivity index (χ1n) is 8.42. The fourth-order valence-corrected chi connectivity index (χ4v) is 3.96. The van der Waals surface area contributed by atoms with Gasteiger partial charge in [0.2, 0.25) is 0 Å². The van der Waals surface area contributed by atoms with Crippen LogP contribution in [0.3, 0.4) is 0 Å². The molecule has 0 atom stereocenters. The number of benzene rings is 2. The molecule has 0 aliphatic rings.